The van der Waals surface area contributed by atoms with Gasteiger partial charge < -0.3 is 10.6 Å². The van der Waals surface area contributed by atoms with E-state index in [-0.39, 0.29) is 11.9 Å². The molecule has 0 aliphatic carbocycles. The predicted molar refractivity (Wildman–Crippen MR) is 87.0 cm³/mol. The van der Waals surface area contributed by atoms with Crippen molar-refractivity contribution in [3.63, 3.8) is 0 Å². The summed E-state index contributed by atoms with van der Waals surface area (Å²) >= 11 is 0. The quantitative estimate of drug-likeness (QED) is 0.842. The molecule has 0 radical (unpaired) electrons. The normalized spacial score (nSPS) is 12.1. The molecule has 2 aromatic carbocycles. The van der Waals surface area contributed by atoms with Crippen LogP contribution in [0.15, 0.2) is 54.6 Å². The van der Waals surface area contributed by atoms with Gasteiger partial charge in [0.05, 0.1) is 0 Å². The number of likely N-dealkylation sites (N-methyl/N-ethyl adjacent to an activating group) is 1. The first-order chi connectivity index (χ1) is 10.2. The van der Waals surface area contributed by atoms with E-state index >= 15 is 0 Å². The van der Waals surface area contributed by atoms with Crippen LogP contribution in [-0.2, 0) is 6.42 Å². The summed E-state index contributed by atoms with van der Waals surface area (Å²) in [6.45, 7) is 3.47. The van der Waals surface area contributed by atoms with E-state index in [4.69, 9.17) is 5.73 Å². The Hall–Kier alpha value is -1.87. The summed E-state index contributed by atoms with van der Waals surface area (Å²) in [4.78, 5) is 2.19. The van der Waals surface area contributed by atoms with Crippen molar-refractivity contribution in [3.8, 4) is 0 Å². The zero-order valence-corrected chi connectivity index (χ0v) is 12.5. The Morgan fingerprint density at radius 2 is 1.86 bits per heavy atom. The summed E-state index contributed by atoms with van der Waals surface area (Å²) < 4.78 is 13.4. The van der Waals surface area contributed by atoms with Gasteiger partial charge in [-0.2, -0.15) is 0 Å². The predicted octanol–water partition coefficient (Wildman–Crippen LogP) is 3.61. The summed E-state index contributed by atoms with van der Waals surface area (Å²) in [5, 5.41) is 0. The number of hydrogen-bond acceptors (Lipinski definition) is 2. The van der Waals surface area contributed by atoms with Crippen molar-refractivity contribution in [2.45, 2.75) is 25.8 Å². The maximum atomic E-state index is 13.4. The van der Waals surface area contributed by atoms with E-state index in [1.54, 1.807) is 12.1 Å². The van der Waals surface area contributed by atoms with Crippen molar-refractivity contribution in [2.75, 3.05) is 18.0 Å². The van der Waals surface area contributed by atoms with Gasteiger partial charge in [0.2, 0.25) is 0 Å². The smallest absolute Gasteiger partial charge is 0.125 e. The topological polar surface area (TPSA) is 29.3 Å². The van der Waals surface area contributed by atoms with Gasteiger partial charge in [-0.3, -0.25) is 0 Å². The van der Waals surface area contributed by atoms with Gasteiger partial charge >= 0.3 is 0 Å². The first kappa shape index (κ1) is 15.5. The SMILES string of the molecule is CCN(c1cccc(F)c1)C(CN)CCc1ccccc1. The van der Waals surface area contributed by atoms with Crippen LogP contribution >= 0.6 is 0 Å². The third-order valence-electron chi connectivity index (χ3n) is 3.80. The summed E-state index contributed by atoms with van der Waals surface area (Å²) in [7, 11) is 0. The molecule has 2 N–H and O–H groups in total. The minimum Gasteiger partial charge on any atom is -0.367 e. The maximum absolute atomic E-state index is 13.4. The highest BCUT2D eigenvalue weighted by Gasteiger charge is 2.16. The van der Waals surface area contributed by atoms with Crippen LogP contribution in [0.2, 0.25) is 0 Å². The average Bonchev–Trinajstić information content (AvgIpc) is 2.52. The number of aryl methyl sites for hydroxylation is 1. The Labute approximate surface area is 126 Å². The van der Waals surface area contributed by atoms with E-state index in [9.17, 15) is 4.39 Å². The van der Waals surface area contributed by atoms with E-state index in [2.05, 4.69) is 36.1 Å². The second-order valence-electron chi connectivity index (χ2n) is 5.18. The van der Waals surface area contributed by atoms with E-state index in [1.165, 1.54) is 11.6 Å². The maximum Gasteiger partial charge on any atom is 0.125 e. The van der Waals surface area contributed by atoms with Crippen molar-refractivity contribution in [1.29, 1.82) is 0 Å². The molecule has 21 heavy (non-hydrogen) atoms. The molecule has 0 aliphatic rings. The van der Waals surface area contributed by atoms with Gasteiger partial charge in [-0.15, -0.1) is 0 Å². The lowest BCUT2D eigenvalue weighted by atomic mass is 10.0. The number of benzene rings is 2. The van der Waals surface area contributed by atoms with E-state index in [0.717, 1.165) is 25.1 Å². The van der Waals surface area contributed by atoms with Crippen molar-refractivity contribution in [2.24, 2.45) is 5.73 Å². The van der Waals surface area contributed by atoms with Crippen LogP contribution in [0.5, 0.6) is 0 Å². The fraction of sp³-hybridized carbons (Fsp3) is 0.333. The molecule has 2 nitrogen and oxygen atoms in total. The Balaban J connectivity index is 2.07. The average molecular weight is 286 g/mol. The van der Waals surface area contributed by atoms with Gasteiger partial charge in [-0.1, -0.05) is 36.4 Å². The van der Waals surface area contributed by atoms with Crippen LogP contribution in [0.3, 0.4) is 0 Å². The minimum absolute atomic E-state index is 0.204. The van der Waals surface area contributed by atoms with Crippen LogP contribution in [0.1, 0.15) is 18.9 Å². The van der Waals surface area contributed by atoms with Gasteiger partial charge in [-0.05, 0) is 43.5 Å². The summed E-state index contributed by atoms with van der Waals surface area (Å²) in [6, 6.07) is 17.3. The highest BCUT2D eigenvalue weighted by Crippen LogP contribution is 2.20. The molecule has 0 aromatic heterocycles. The molecule has 0 saturated carbocycles. The fourth-order valence-electron chi connectivity index (χ4n) is 2.69. The number of nitrogens with two attached hydrogens (primary N) is 1. The molecular weight excluding hydrogens is 263 g/mol. The highest BCUT2D eigenvalue weighted by molar-refractivity contribution is 5.47. The Morgan fingerprint density at radius 3 is 2.48 bits per heavy atom. The standard InChI is InChI=1S/C18H23FN2/c1-2-21(17-10-6-9-16(19)13-17)18(14-20)12-11-15-7-4-3-5-8-15/h3-10,13,18H,2,11-12,14,20H2,1H3. The number of anilines is 1. The summed E-state index contributed by atoms with van der Waals surface area (Å²) in [5.41, 5.74) is 8.17. The molecule has 3 heteroatoms. The Morgan fingerprint density at radius 1 is 1.10 bits per heavy atom. The van der Waals surface area contributed by atoms with Crippen molar-refractivity contribution in [1.82, 2.24) is 0 Å². The lowest BCUT2D eigenvalue weighted by Gasteiger charge is -2.32. The van der Waals surface area contributed by atoms with Gasteiger partial charge in [0, 0.05) is 24.8 Å². The molecule has 0 fully saturated rings. The van der Waals surface area contributed by atoms with Crippen LogP contribution in [0.25, 0.3) is 0 Å². The lowest BCUT2D eigenvalue weighted by molar-refractivity contribution is 0.562. The molecule has 0 spiro atoms. The number of hydrogen-bond donors (Lipinski definition) is 1. The second-order valence-corrected chi connectivity index (χ2v) is 5.18. The largest absolute Gasteiger partial charge is 0.367 e. The van der Waals surface area contributed by atoms with Crippen LogP contribution in [0, 0.1) is 5.82 Å². The molecule has 2 aromatic rings. The second kappa shape index (κ2) is 7.79. The molecule has 0 saturated heterocycles. The molecule has 2 rings (SSSR count). The summed E-state index contributed by atoms with van der Waals surface area (Å²) in [5.74, 6) is -0.204. The molecule has 0 heterocycles. The molecule has 0 amide bonds. The first-order valence-corrected chi connectivity index (χ1v) is 7.50. The highest BCUT2D eigenvalue weighted by atomic mass is 19.1. The van der Waals surface area contributed by atoms with E-state index < -0.39 is 0 Å². The molecule has 1 atom stereocenters. The van der Waals surface area contributed by atoms with Crippen molar-refractivity contribution < 1.29 is 4.39 Å². The van der Waals surface area contributed by atoms with Crippen LogP contribution < -0.4 is 10.6 Å². The van der Waals surface area contributed by atoms with Crippen LogP contribution in [0.4, 0.5) is 10.1 Å². The third-order valence-corrected chi connectivity index (χ3v) is 3.80. The van der Waals surface area contributed by atoms with Gasteiger partial charge in [0.25, 0.3) is 0 Å². The number of rotatable bonds is 7. The van der Waals surface area contributed by atoms with Gasteiger partial charge in [-0.25, -0.2) is 4.39 Å². The van der Waals surface area contributed by atoms with Crippen molar-refractivity contribution >= 4 is 5.69 Å². The molecule has 0 bridgehead atoms. The first-order valence-electron chi connectivity index (χ1n) is 7.50. The zero-order chi connectivity index (χ0) is 15.1. The molecule has 1 unspecified atom stereocenters. The zero-order valence-electron chi connectivity index (χ0n) is 12.5. The summed E-state index contributed by atoms with van der Waals surface area (Å²) in [6.07, 6.45) is 1.94. The number of nitrogens with zero attached hydrogens (tertiary/aromatic N) is 1. The van der Waals surface area contributed by atoms with Gasteiger partial charge in [0.1, 0.15) is 5.82 Å². The third kappa shape index (κ3) is 4.30. The minimum atomic E-state index is -0.204. The Kier molecular flexibility index (Phi) is 5.76. The fourth-order valence-corrected chi connectivity index (χ4v) is 2.69. The van der Waals surface area contributed by atoms with E-state index in [0.29, 0.717) is 6.54 Å². The number of halogens is 1. The monoisotopic (exact) mass is 286 g/mol. The van der Waals surface area contributed by atoms with Gasteiger partial charge in [0.15, 0.2) is 0 Å². The van der Waals surface area contributed by atoms with Crippen molar-refractivity contribution in [3.05, 3.63) is 66.0 Å². The lowest BCUT2D eigenvalue weighted by Crippen LogP contribution is -2.41. The molecule has 0 aliphatic heterocycles. The Bertz CT molecular complexity index is 542. The van der Waals surface area contributed by atoms with E-state index in [1.807, 2.05) is 12.1 Å². The molecule has 112 valence electrons. The molecular formula is C18H23FN2. The van der Waals surface area contributed by atoms with Crippen LogP contribution in [-0.4, -0.2) is 19.1 Å².